The highest BCUT2D eigenvalue weighted by molar-refractivity contribution is 5.95. The van der Waals surface area contributed by atoms with Crippen molar-refractivity contribution in [2.24, 2.45) is 11.3 Å². The molecule has 1 fully saturated rings. The van der Waals surface area contributed by atoms with Crippen LogP contribution in [0, 0.1) is 11.3 Å². The van der Waals surface area contributed by atoms with E-state index in [1.807, 2.05) is 0 Å². The molecule has 1 aromatic rings. The fourth-order valence-electron chi connectivity index (χ4n) is 3.52. The molecular formula is C17H23NO5. The highest BCUT2D eigenvalue weighted by atomic mass is 16.5. The topological polar surface area (TPSA) is 84.9 Å². The highest BCUT2D eigenvalue weighted by Crippen LogP contribution is 2.46. The van der Waals surface area contributed by atoms with Crippen LogP contribution in [0.3, 0.4) is 0 Å². The number of methoxy groups -OCH3 is 1. The van der Waals surface area contributed by atoms with Gasteiger partial charge in [0, 0.05) is 30.0 Å². The number of hydrogen-bond donors (Lipinski definition) is 2. The van der Waals surface area contributed by atoms with Gasteiger partial charge in [-0.25, -0.2) is 4.79 Å². The first-order valence-electron chi connectivity index (χ1n) is 7.55. The van der Waals surface area contributed by atoms with Gasteiger partial charge < -0.3 is 19.9 Å². The van der Waals surface area contributed by atoms with E-state index in [0.29, 0.717) is 11.3 Å². The van der Waals surface area contributed by atoms with Crippen molar-refractivity contribution in [1.82, 2.24) is 5.32 Å². The van der Waals surface area contributed by atoms with Gasteiger partial charge in [0.15, 0.2) is 6.61 Å². The molecule has 1 amide bonds. The molecule has 23 heavy (non-hydrogen) atoms. The molecular weight excluding hydrogens is 298 g/mol. The van der Waals surface area contributed by atoms with Crippen LogP contribution in [0.2, 0.25) is 0 Å². The lowest BCUT2D eigenvalue weighted by atomic mass is 9.58. The van der Waals surface area contributed by atoms with Crippen molar-refractivity contribution in [1.29, 1.82) is 0 Å². The van der Waals surface area contributed by atoms with Crippen LogP contribution < -0.4 is 10.1 Å². The van der Waals surface area contributed by atoms with Crippen molar-refractivity contribution in [3.8, 4) is 5.75 Å². The first-order chi connectivity index (χ1) is 10.8. The van der Waals surface area contributed by atoms with Gasteiger partial charge in [-0.3, -0.25) is 4.79 Å². The molecule has 0 aliphatic heterocycles. The molecule has 1 aliphatic rings. The second-order valence-electron chi connectivity index (χ2n) is 6.50. The summed E-state index contributed by atoms with van der Waals surface area (Å²) in [5, 5.41) is 11.7. The first-order valence-corrected chi connectivity index (χ1v) is 7.55. The van der Waals surface area contributed by atoms with E-state index < -0.39 is 12.6 Å². The summed E-state index contributed by atoms with van der Waals surface area (Å²) >= 11 is 0. The second kappa shape index (κ2) is 6.58. The SMILES string of the molecule is COC1C(C)C(NC(=O)c2cccc(OCC(=O)O)c2)C1(C)C. The maximum Gasteiger partial charge on any atom is 0.341 e. The lowest BCUT2D eigenvalue weighted by Gasteiger charge is -2.56. The molecule has 0 aromatic heterocycles. The van der Waals surface area contributed by atoms with Crippen LogP contribution in [-0.4, -0.2) is 42.8 Å². The third-order valence-electron chi connectivity index (χ3n) is 4.54. The number of carboxylic acids is 1. The quantitative estimate of drug-likeness (QED) is 0.836. The molecule has 1 aromatic carbocycles. The number of carbonyl (C=O) groups excluding carboxylic acids is 1. The predicted octanol–water partition coefficient (Wildman–Crippen LogP) is 1.94. The van der Waals surface area contributed by atoms with E-state index in [1.165, 1.54) is 0 Å². The van der Waals surface area contributed by atoms with Gasteiger partial charge in [0.2, 0.25) is 0 Å². The molecule has 6 heteroatoms. The Hall–Kier alpha value is -2.08. The Bertz CT molecular complexity index is 598. The maximum absolute atomic E-state index is 12.4. The second-order valence-corrected chi connectivity index (χ2v) is 6.50. The molecule has 2 N–H and O–H groups in total. The van der Waals surface area contributed by atoms with Crippen molar-refractivity contribution in [3.05, 3.63) is 29.8 Å². The Labute approximate surface area is 135 Å². The van der Waals surface area contributed by atoms with Gasteiger partial charge in [0.25, 0.3) is 5.91 Å². The normalized spacial score (nSPS) is 25.3. The van der Waals surface area contributed by atoms with Crippen LogP contribution in [0.15, 0.2) is 24.3 Å². The lowest BCUT2D eigenvalue weighted by Crippen LogP contribution is -2.67. The number of carboxylic acid groups (broad SMARTS) is 1. The molecule has 0 spiro atoms. The molecule has 1 aliphatic carbocycles. The van der Waals surface area contributed by atoms with Crippen LogP contribution in [0.5, 0.6) is 5.75 Å². The van der Waals surface area contributed by atoms with E-state index in [4.69, 9.17) is 14.6 Å². The monoisotopic (exact) mass is 321 g/mol. The van der Waals surface area contributed by atoms with Gasteiger partial charge in [-0.05, 0) is 18.2 Å². The van der Waals surface area contributed by atoms with Gasteiger partial charge in [-0.1, -0.05) is 26.8 Å². The van der Waals surface area contributed by atoms with Crippen molar-refractivity contribution < 1.29 is 24.2 Å². The van der Waals surface area contributed by atoms with Crippen molar-refractivity contribution in [2.45, 2.75) is 32.9 Å². The number of rotatable bonds is 6. The van der Waals surface area contributed by atoms with E-state index in [2.05, 4.69) is 26.1 Å². The maximum atomic E-state index is 12.4. The first kappa shape index (κ1) is 17.3. The fourth-order valence-corrected chi connectivity index (χ4v) is 3.52. The number of benzene rings is 1. The molecule has 3 unspecified atom stereocenters. The van der Waals surface area contributed by atoms with E-state index >= 15 is 0 Å². The largest absolute Gasteiger partial charge is 0.482 e. The molecule has 1 saturated carbocycles. The summed E-state index contributed by atoms with van der Waals surface area (Å²) in [5.41, 5.74) is 0.304. The van der Waals surface area contributed by atoms with Gasteiger partial charge in [0.05, 0.1) is 6.10 Å². The summed E-state index contributed by atoms with van der Waals surface area (Å²) < 4.78 is 10.6. The van der Waals surface area contributed by atoms with Crippen LogP contribution in [0.25, 0.3) is 0 Å². The smallest absolute Gasteiger partial charge is 0.341 e. The fraction of sp³-hybridized carbons (Fsp3) is 0.529. The summed E-state index contributed by atoms with van der Waals surface area (Å²) in [6.45, 7) is 5.75. The Kier molecular flexibility index (Phi) is 4.94. The molecule has 0 saturated heterocycles. The summed E-state index contributed by atoms with van der Waals surface area (Å²) in [5.74, 6) is -0.679. The number of nitrogens with one attached hydrogen (secondary N) is 1. The minimum atomic E-state index is -1.06. The average molecular weight is 321 g/mol. The third kappa shape index (κ3) is 3.47. The Balaban J connectivity index is 2.04. The highest BCUT2D eigenvalue weighted by Gasteiger charge is 2.55. The number of ether oxygens (including phenoxy) is 2. The van der Waals surface area contributed by atoms with E-state index in [0.717, 1.165) is 0 Å². The predicted molar refractivity (Wildman–Crippen MR) is 84.6 cm³/mol. The number of hydrogen-bond acceptors (Lipinski definition) is 4. The molecule has 6 nitrogen and oxygen atoms in total. The minimum absolute atomic E-state index is 0.0172. The average Bonchev–Trinajstić information content (AvgIpc) is 2.50. The Morgan fingerprint density at radius 2 is 2.04 bits per heavy atom. The molecule has 0 radical (unpaired) electrons. The molecule has 3 atom stereocenters. The van der Waals surface area contributed by atoms with Gasteiger partial charge in [-0.2, -0.15) is 0 Å². The van der Waals surface area contributed by atoms with Gasteiger partial charge >= 0.3 is 5.97 Å². The van der Waals surface area contributed by atoms with Crippen LogP contribution in [0.1, 0.15) is 31.1 Å². The molecule has 0 heterocycles. The standard InChI is InChI=1S/C17H23NO5/c1-10-14(17(2,3)15(10)22-4)18-16(21)11-6-5-7-12(8-11)23-9-13(19)20/h5-8,10,14-15H,9H2,1-4H3,(H,18,21)(H,19,20). The van der Waals surface area contributed by atoms with Crippen LogP contribution in [-0.2, 0) is 9.53 Å². The van der Waals surface area contributed by atoms with E-state index in [-0.39, 0.29) is 29.4 Å². The Morgan fingerprint density at radius 1 is 1.35 bits per heavy atom. The van der Waals surface area contributed by atoms with Gasteiger partial charge in [0.1, 0.15) is 5.75 Å². The summed E-state index contributed by atoms with van der Waals surface area (Å²) in [6, 6.07) is 6.52. The zero-order chi connectivity index (χ0) is 17.2. The number of carbonyl (C=O) groups is 2. The molecule has 2 rings (SSSR count). The van der Waals surface area contributed by atoms with E-state index in [1.54, 1.807) is 31.4 Å². The minimum Gasteiger partial charge on any atom is -0.482 e. The molecule has 126 valence electrons. The number of aliphatic carboxylic acids is 1. The van der Waals surface area contributed by atoms with Crippen LogP contribution >= 0.6 is 0 Å². The van der Waals surface area contributed by atoms with E-state index in [9.17, 15) is 9.59 Å². The Morgan fingerprint density at radius 3 is 2.61 bits per heavy atom. The summed E-state index contributed by atoms with van der Waals surface area (Å²) in [7, 11) is 1.68. The zero-order valence-electron chi connectivity index (χ0n) is 13.8. The van der Waals surface area contributed by atoms with Crippen molar-refractivity contribution in [2.75, 3.05) is 13.7 Å². The third-order valence-corrected chi connectivity index (χ3v) is 4.54. The summed E-state index contributed by atoms with van der Waals surface area (Å²) in [4.78, 5) is 23.0. The summed E-state index contributed by atoms with van der Waals surface area (Å²) in [6.07, 6.45) is 0.109. The lowest BCUT2D eigenvalue weighted by molar-refractivity contribution is -0.141. The number of amides is 1. The van der Waals surface area contributed by atoms with Crippen molar-refractivity contribution >= 4 is 11.9 Å². The van der Waals surface area contributed by atoms with Gasteiger partial charge in [-0.15, -0.1) is 0 Å². The van der Waals surface area contributed by atoms with Crippen LogP contribution in [0.4, 0.5) is 0 Å². The molecule has 0 bridgehead atoms. The van der Waals surface area contributed by atoms with Crippen molar-refractivity contribution in [3.63, 3.8) is 0 Å². The zero-order valence-corrected chi connectivity index (χ0v) is 13.8.